The zero-order chi connectivity index (χ0) is 17.6. The van der Waals surface area contributed by atoms with Gasteiger partial charge in [0, 0.05) is 13.1 Å². The Morgan fingerprint density at radius 3 is 2.32 bits per heavy atom. The zero-order valence-corrected chi connectivity index (χ0v) is 14.7. The number of hydrogen-bond donors (Lipinski definition) is 2. The molecule has 0 aromatic heterocycles. The van der Waals surface area contributed by atoms with Gasteiger partial charge in [-0.2, -0.15) is 0 Å². The molecule has 3 fully saturated rings. The van der Waals surface area contributed by atoms with Crippen molar-refractivity contribution in [2.24, 2.45) is 0 Å². The van der Waals surface area contributed by atoms with E-state index >= 15 is 0 Å². The van der Waals surface area contributed by atoms with Crippen LogP contribution in [0, 0.1) is 6.92 Å². The lowest BCUT2D eigenvalue weighted by molar-refractivity contribution is -0.543. The van der Waals surface area contributed by atoms with E-state index in [4.69, 9.17) is 0 Å². The molecule has 0 saturated carbocycles. The van der Waals surface area contributed by atoms with E-state index in [0.29, 0.717) is 5.69 Å². The Hall–Kier alpha value is -2.41. The van der Waals surface area contributed by atoms with Crippen LogP contribution in [-0.4, -0.2) is 72.1 Å². The van der Waals surface area contributed by atoms with Crippen LogP contribution in [0.3, 0.4) is 0 Å². The molecule has 3 aliphatic rings. The van der Waals surface area contributed by atoms with E-state index in [9.17, 15) is 9.59 Å². The average molecular weight is 342 g/mol. The number of rotatable bonds is 2. The zero-order valence-electron chi connectivity index (χ0n) is 14.7. The van der Waals surface area contributed by atoms with Crippen molar-refractivity contribution in [1.82, 2.24) is 15.5 Å². The summed E-state index contributed by atoms with van der Waals surface area (Å²) in [4.78, 5) is 29.3. The van der Waals surface area contributed by atoms with E-state index in [2.05, 4.69) is 27.0 Å². The van der Waals surface area contributed by atoms with Crippen LogP contribution < -0.4 is 15.5 Å². The van der Waals surface area contributed by atoms with Gasteiger partial charge in [0.1, 0.15) is 0 Å². The predicted molar refractivity (Wildman–Crippen MR) is 94.6 cm³/mol. The number of carbonyl (C=O) groups excluding carboxylic acids is 2. The summed E-state index contributed by atoms with van der Waals surface area (Å²) >= 11 is 0. The lowest BCUT2D eigenvalue weighted by Crippen LogP contribution is -2.50. The number of carbonyl (C=O) groups is 2. The molecule has 3 aliphatic heterocycles. The molecule has 0 unspecified atom stereocenters. The number of piperazine rings is 1. The molecule has 132 valence electrons. The third kappa shape index (κ3) is 2.68. The van der Waals surface area contributed by atoms with E-state index in [1.54, 1.807) is 6.07 Å². The van der Waals surface area contributed by atoms with Crippen LogP contribution >= 0.6 is 0 Å². The second-order valence-corrected chi connectivity index (χ2v) is 6.86. The topological polar surface area (TPSA) is 67.7 Å². The first-order chi connectivity index (χ1) is 12.1. The second kappa shape index (κ2) is 6.15. The summed E-state index contributed by atoms with van der Waals surface area (Å²) in [7, 11) is 0. The summed E-state index contributed by atoms with van der Waals surface area (Å²) < 4.78 is 2.20. The molecule has 2 amide bonds. The first-order valence-corrected chi connectivity index (χ1v) is 8.90. The normalized spacial score (nSPS) is 26.7. The minimum atomic E-state index is -0.521. The number of aryl methyl sites for hydroxylation is 1. The van der Waals surface area contributed by atoms with Crippen LogP contribution in [-0.2, 0) is 9.59 Å². The molecule has 2 N–H and O–H groups in total. The molecule has 1 aromatic carbocycles. The molecular formula is C18H24N5O2+. The second-order valence-electron chi connectivity index (χ2n) is 6.86. The molecule has 0 aliphatic carbocycles. The summed E-state index contributed by atoms with van der Waals surface area (Å²) in [6.07, 6.45) is 0. The molecule has 4 rings (SSSR count). The summed E-state index contributed by atoms with van der Waals surface area (Å²) in [5, 5.41) is 6.50. The van der Waals surface area contributed by atoms with Gasteiger partial charge in [0.2, 0.25) is 0 Å². The highest BCUT2D eigenvalue weighted by molar-refractivity contribution is 6.27. The number of amides is 2. The van der Waals surface area contributed by atoms with Gasteiger partial charge in [-0.05, 0) is 31.2 Å². The van der Waals surface area contributed by atoms with E-state index in [1.165, 1.54) is 4.90 Å². The highest BCUT2D eigenvalue weighted by Crippen LogP contribution is 2.25. The quantitative estimate of drug-likeness (QED) is 0.560. The number of guanidine groups is 1. The maximum absolute atomic E-state index is 12.8. The maximum atomic E-state index is 12.8. The van der Waals surface area contributed by atoms with E-state index < -0.39 is 12.1 Å². The molecule has 3 saturated heterocycles. The highest BCUT2D eigenvalue weighted by atomic mass is 16.2. The van der Waals surface area contributed by atoms with Crippen LogP contribution in [0.5, 0.6) is 0 Å². The minimum absolute atomic E-state index is 0.185. The Balaban J connectivity index is 1.53. The number of benzene rings is 1. The fraction of sp³-hybridized carbons (Fsp3) is 0.500. The molecule has 3 heterocycles. The standard InChI is InChI=1S/C18H23N5O2/c1-3-21-7-9-22(10-8-21)18-19-14-15(20-18)17(25)23(16(14)24)13-6-4-5-12(2)11-13/h4-6,11,14-15H,3,7-10H2,1-2H3,(H,19,20)/p+1/t14-,15-/m1/s1. The Bertz CT molecular complexity index is 724. The molecule has 25 heavy (non-hydrogen) atoms. The lowest BCUT2D eigenvalue weighted by Gasteiger charge is -2.27. The largest absolute Gasteiger partial charge is 0.347 e. The summed E-state index contributed by atoms with van der Waals surface area (Å²) in [5.74, 6) is 0.446. The van der Waals surface area contributed by atoms with Gasteiger partial charge in [-0.3, -0.25) is 29.7 Å². The van der Waals surface area contributed by atoms with Gasteiger partial charge in [-0.15, -0.1) is 0 Å². The number of hydrogen-bond acceptors (Lipinski definition) is 3. The van der Waals surface area contributed by atoms with Crippen LogP contribution in [0.4, 0.5) is 5.69 Å². The van der Waals surface area contributed by atoms with Gasteiger partial charge < -0.3 is 0 Å². The van der Waals surface area contributed by atoms with Crippen LogP contribution in [0.15, 0.2) is 24.3 Å². The van der Waals surface area contributed by atoms with Crippen molar-refractivity contribution in [3.8, 4) is 0 Å². The molecule has 2 atom stereocenters. The van der Waals surface area contributed by atoms with Gasteiger partial charge in [0.05, 0.1) is 18.8 Å². The lowest BCUT2D eigenvalue weighted by atomic mass is 10.2. The summed E-state index contributed by atoms with van der Waals surface area (Å²) in [6, 6.07) is 6.45. The predicted octanol–water partition coefficient (Wildman–Crippen LogP) is -0.498. The van der Waals surface area contributed by atoms with Gasteiger partial charge in [-0.1, -0.05) is 19.1 Å². The van der Waals surface area contributed by atoms with Crippen molar-refractivity contribution in [1.29, 1.82) is 0 Å². The van der Waals surface area contributed by atoms with Gasteiger partial charge >= 0.3 is 5.96 Å². The van der Waals surface area contributed by atoms with E-state index in [1.807, 2.05) is 25.1 Å². The molecule has 0 bridgehead atoms. The molecule has 7 heteroatoms. The molecule has 0 radical (unpaired) electrons. The number of likely N-dealkylation sites (N-methyl/N-ethyl adjacent to an activating group) is 1. The molecular weight excluding hydrogens is 318 g/mol. The first kappa shape index (κ1) is 16.1. The van der Waals surface area contributed by atoms with Crippen molar-refractivity contribution in [3.05, 3.63) is 29.8 Å². The van der Waals surface area contributed by atoms with Gasteiger partial charge in [0.25, 0.3) is 11.8 Å². The molecule has 1 aromatic rings. The van der Waals surface area contributed by atoms with Crippen LogP contribution in [0.2, 0.25) is 0 Å². The van der Waals surface area contributed by atoms with Crippen molar-refractivity contribution < 1.29 is 14.2 Å². The summed E-state index contributed by atoms with van der Waals surface area (Å²) in [6.45, 7) is 8.95. The Kier molecular flexibility index (Phi) is 3.95. The highest BCUT2D eigenvalue weighted by Gasteiger charge is 2.57. The van der Waals surface area contributed by atoms with Gasteiger partial charge in [0.15, 0.2) is 12.1 Å². The van der Waals surface area contributed by atoms with Crippen molar-refractivity contribution in [3.63, 3.8) is 0 Å². The molecule has 0 spiro atoms. The Labute approximate surface area is 147 Å². The first-order valence-electron chi connectivity index (χ1n) is 8.90. The van der Waals surface area contributed by atoms with Crippen molar-refractivity contribution >= 4 is 23.5 Å². The average Bonchev–Trinajstić information content (AvgIpc) is 3.15. The minimum Gasteiger partial charge on any atom is -0.297 e. The van der Waals surface area contributed by atoms with Crippen LogP contribution in [0.25, 0.3) is 0 Å². The van der Waals surface area contributed by atoms with Crippen molar-refractivity contribution in [2.75, 3.05) is 37.6 Å². The third-order valence-electron chi connectivity index (χ3n) is 5.29. The van der Waals surface area contributed by atoms with Gasteiger partial charge in [-0.25, -0.2) is 4.90 Å². The number of nitrogens with zero attached hydrogens (tertiary/aromatic N) is 3. The van der Waals surface area contributed by atoms with E-state index in [0.717, 1.165) is 44.2 Å². The number of fused-ring (bicyclic) bond motifs is 1. The number of nitrogens with one attached hydrogen (secondary N) is 2. The monoisotopic (exact) mass is 342 g/mol. The Morgan fingerprint density at radius 2 is 1.76 bits per heavy atom. The molecule has 7 nitrogen and oxygen atoms in total. The summed E-state index contributed by atoms with van der Waals surface area (Å²) in [5.41, 5.74) is 1.67. The SMILES string of the molecule is CCN1CC[N+](=C2N[C@H]3C(=O)N(c4cccc(C)c4)C(=O)[C@@H]3N2)CC1. The Morgan fingerprint density at radius 1 is 1.12 bits per heavy atom. The fourth-order valence-corrected chi connectivity index (χ4v) is 3.79. The van der Waals surface area contributed by atoms with E-state index in [-0.39, 0.29) is 11.8 Å². The number of anilines is 1. The van der Waals surface area contributed by atoms with Crippen molar-refractivity contribution in [2.45, 2.75) is 25.9 Å². The smallest absolute Gasteiger partial charge is 0.297 e. The number of imide groups is 1. The van der Waals surface area contributed by atoms with Crippen LogP contribution in [0.1, 0.15) is 12.5 Å². The third-order valence-corrected chi connectivity index (χ3v) is 5.29. The maximum Gasteiger partial charge on any atom is 0.347 e. The fourth-order valence-electron chi connectivity index (χ4n) is 3.79.